The normalized spacial score (nSPS) is 17.8. The highest BCUT2D eigenvalue weighted by atomic mass is 19.4. The molecule has 4 rings (SSSR count). The van der Waals surface area contributed by atoms with Gasteiger partial charge in [-0.1, -0.05) is 42.7 Å². The Labute approximate surface area is 191 Å². The van der Waals surface area contributed by atoms with E-state index in [1.54, 1.807) is 23.1 Å². The maximum atomic E-state index is 13.0. The Morgan fingerprint density at radius 3 is 2.45 bits per heavy atom. The molecule has 1 saturated heterocycles. The van der Waals surface area contributed by atoms with E-state index < -0.39 is 11.7 Å². The van der Waals surface area contributed by atoms with Crippen LogP contribution in [0.15, 0.2) is 73.3 Å². The molecule has 0 amide bonds. The molecule has 1 aliphatic heterocycles. The van der Waals surface area contributed by atoms with Crippen LogP contribution < -0.4 is 0 Å². The van der Waals surface area contributed by atoms with Gasteiger partial charge in [-0.25, -0.2) is 9.67 Å². The molecule has 2 aromatic carbocycles. The van der Waals surface area contributed by atoms with Crippen LogP contribution in [-0.4, -0.2) is 26.2 Å². The van der Waals surface area contributed by atoms with Gasteiger partial charge in [-0.3, -0.25) is 4.90 Å². The first-order valence-electron chi connectivity index (χ1n) is 10.7. The topological polar surface area (TPSA) is 34.0 Å². The number of aromatic nitrogens is 3. The molecule has 169 valence electrons. The predicted molar refractivity (Wildman–Crippen MR) is 121 cm³/mol. The van der Waals surface area contributed by atoms with Crippen molar-refractivity contribution in [2.45, 2.75) is 38.0 Å². The lowest BCUT2D eigenvalue weighted by Crippen LogP contribution is -2.36. The molecule has 2 atom stereocenters. The van der Waals surface area contributed by atoms with Crippen LogP contribution in [-0.2, 0) is 6.18 Å². The van der Waals surface area contributed by atoms with Gasteiger partial charge in [0.2, 0.25) is 0 Å². The number of benzene rings is 2. The minimum Gasteiger partial charge on any atom is -0.279 e. The molecule has 0 unspecified atom stereocenters. The fourth-order valence-electron chi connectivity index (χ4n) is 4.04. The third-order valence-corrected chi connectivity index (χ3v) is 5.65. The van der Waals surface area contributed by atoms with Crippen molar-refractivity contribution in [1.82, 2.24) is 19.7 Å². The van der Waals surface area contributed by atoms with Crippen molar-refractivity contribution in [2.24, 2.45) is 0 Å². The molecular formula is C26H24F3N4. The first kappa shape index (κ1) is 22.8. The monoisotopic (exact) mass is 449 g/mol. The smallest absolute Gasteiger partial charge is 0.279 e. The van der Waals surface area contributed by atoms with Gasteiger partial charge in [-0.15, -0.1) is 0 Å². The summed E-state index contributed by atoms with van der Waals surface area (Å²) in [6.07, 6.45) is 2.59. The van der Waals surface area contributed by atoms with E-state index in [0.29, 0.717) is 0 Å². The quantitative estimate of drug-likeness (QED) is 0.462. The third-order valence-electron chi connectivity index (χ3n) is 5.65. The predicted octanol–water partition coefficient (Wildman–Crippen LogP) is 5.95. The van der Waals surface area contributed by atoms with Crippen LogP contribution in [0.5, 0.6) is 0 Å². The van der Waals surface area contributed by atoms with Crippen molar-refractivity contribution >= 4 is 0 Å². The van der Waals surface area contributed by atoms with E-state index >= 15 is 0 Å². The Morgan fingerprint density at radius 1 is 1.12 bits per heavy atom. The van der Waals surface area contributed by atoms with Crippen LogP contribution in [0.1, 0.15) is 48.5 Å². The number of hydrogen-bond acceptors (Lipinski definition) is 3. The van der Waals surface area contributed by atoms with Crippen LogP contribution in [0.3, 0.4) is 0 Å². The molecule has 0 bridgehead atoms. The van der Waals surface area contributed by atoms with Crippen LogP contribution in [0.25, 0.3) is 5.69 Å². The third kappa shape index (κ3) is 5.35. The number of rotatable bonds is 4. The fraction of sp³-hybridized carbons (Fsp3) is 0.269. The second-order valence-corrected chi connectivity index (χ2v) is 8.07. The van der Waals surface area contributed by atoms with E-state index in [9.17, 15) is 13.2 Å². The summed E-state index contributed by atoms with van der Waals surface area (Å²) in [7, 11) is 0. The van der Waals surface area contributed by atoms with E-state index in [2.05, 4.69) is 39.8 Å². The number of nitrogens with zero attached hydrogens (tertiary/aromatic N) is 4. The standard InChI is InChI=1S/C26H24F3N4/c1-19(2)6-15-25(21-9-13-23(14-10-21)33-18-30-17-31-33)32-16-4-3-5-24(32)20-7-11-22(12-8-20)26(27,28)29/h3,7-14,17-18,24-25H,1,4-5,16H2,2H3/t24-,25+/m0/s1. The van der Waals surface area contributed by atoms with Gasteiger partial charge >= 0.3 is 6.18 Å². The van der Waals surface area contributed by atoms with E-state index in [4.69, 9.17) is 0 Å². The van der Waals surface area contributed by atoms with Crippen molar-refractivity contribution < 1.29 is 13.2 Å². The van der Waals surface area contributed by atoms with Crippen molar-refractivity contribution in [1.29, 1.82) is 0 Å². The molecule has 1 fully saturated rings. The number of halogens is 3. The molecule has 1 aromatic heterocycles. The highest BCUT2D eigenvalue weighted by Gasteiger charge is 2.33. The summed E-state index contributed by atoms with van der Waals surface area (Å²) in [4.78, 5) is 6.25. The lowest BCUT2D eigenvalue weighted by molar-refractivity contribution is -0.137. The summed E-state index contributed by atoms with van der Waals surface area (Å²) in [6, 6.07) is 13.1. The lowest BCUT2D eigenvalue weighted by Gasteiger charge is -2.39. The van der Waals surface area contributed by atoms with Crippen molar-refractivity contribution in [2.75, 3.05) is 6.54 Å². The molecule has 0 N–H and O–H groups in total. The first-order valence-corrected chi connectivity index (χ1v) is 10.7. The van der Waals surface area contributed by atoms with Gasteiger partial charge in [-0.2, -0.15) is 18.3 Å². The second kappa shape index (κ2) is 9.63. The number of allylic oxidation sites excluding steroid dienone is 1. The number of hydrogen-bond donors (Lipinski definition) is 0. The Balaban J connectivity index is 1.68. The summed E-state index contributed by atoms with van der Waals surface area (Å²) >= 11 is 0. The minimum atomic E-state index is -4.35. The van der Waals surface area contributed by atoms with Gasteiger partial charge in [0.05, 0.1) is 17.3 Å². The Bertz CT molecular complexity index is 1140. The number of piperidine rings is 1. The van der Waals surface area contributed by atoms with Crippen LogP contribution >= 0.6 is 0 Å². The minimum absolute atomic E-state index is 0.0690. The van der Waals surface area contributed by atoms with Gasteiger partial charge in [0.25, 0.3) is 0 Å². The SMILES string of the molecule is C=C(C)C#C[C@H](c1ccc(-n2cncn2)cc1)N1CC[CH]C[C@H]1c1ccc(C(F)(F)F)cc1. The van der Waals surface area contributed by atoms with E-state index in [1.165, 1.54) is 6.33 Å². The number of alkyl halides is 3. The zero-order valence-electron chi connectivity index (χ0n) is 18.3. The summed E-state index contributed by atoms with van der Waals surface area (Å²) < 4.78 is 40.8. The highest BCUT2D eigenvalue weighted by molar-refractivity contribution is 5.39. The summed E-state index contributed by atoms with van der Waals surface area (Å²) in [5, 5.41) is 4.16. The average Bonchev–Trinajstić information content (AvgIpc) is 3.34. The van der Waals surface area contributed by atoms with Gasteiger partial charge in [0.15, 0.2) is 0 Å². The molecule has 2 heterocycles. The molecule has 0 spiro atoms. The lowest BCUT2D eigenvalue weighted by atomic mass is 9.91. The molecule has 7 heteroatoms. The van der Waals surface area contributed by atoms with E-state index in [1.807, 2.05) is 31.2 Å². The molecule has 0 aliphatic carbocycles. The molecule has 1 radical (unpaired) electrons. The Hall–Kier alpha value is -3.37. The van der Waals surface area contributed by atoms with Gasteiger partial charge in [0, 0.05) is 12.6 Å². The van der Waals surface area contributed by atoms with E-state index in [0.717, 1.165) is 53.9 Å². The summed E-state index contributed by atoms with van der Waals surface area (Å²) in [5.74, 6) is 6.45. The van der Waals surface area contributed by atoms with Crippen LogP contribution in [0.4, 0.5) is 13.2 Å². The second-order valence-electron chi connectivity index (χ2n) is 8.07. The molecular weight excluding hydrogens is 425 g/mol. The van der Waals surface area contributed by atoms with Crippen molar-refractivity contribution in [3.05, 3.63) is 96.4 Å². The molecule has 33 heavy (non-hydrogen) atoms. The van der Waals surface area contributed by atoms with Gasteiger partial charge < -0.3 is 0 Å². The molecule has 0 saturated carbocycles. The maximum absolute atomic E-state index is 13.0. The fourth-order valence-corrected chi connectivity index (χ4v) is 4.04. The van der Waals surface area contributed by atoms with E-state index in [-0.39, 0.29) is 12.1 Å². The summed E-state index contributed by atoms with van der Waals surface area (Å²) in [6.45, 7) is 6.51. The zero-order valence-corrected chi connectivity index (χ0v) is 18.3. The van der Waals surface area contributed by atoms with Crippen LogP contribution in [0, 0.1) is 18.3 Å². The van der Waals surface area contributed by atoms with Gasteiger partial charge in [-0.05, 0) is 67.2 Å². The van der Waals surface area contributed by atoms with Crippen molar-refractivity contribution in [3.8, 4) is 17.5 Å². The van der Waals surface area contributed by atoms with Crippen LogP contribution in [0.2, 0.25) is 0 Å². The molecule has 3 aromatic rings. The summed E-state index contributed by atoms with van der Waals surface area (Å²) in [5.41, 5.74) is 2.86. The molecule has 4 nitrogen and oxygen atoms in total. The Kier molecular flexibility index (Phi) is 6.66. The van der Waals surface area contributed by atoms with Gasteiger partial charge in [0.1, 0.15) is 12.7 Å². The maximum Gasteiger partial charge on any atom is 0.416 e. The first-order chi connectivity index (χ1) is 15.8. The largest absolute Gasteiger partial charge is 0.416 e. The highest BCUT2D eigenvalue weighted by Crippen LogP contribution is 2.38. The zero-order chi connectivity index (χ0) is 23.4. The Morgan fingerprint density at radius 2 is 1.85 bits per heavy atom. The average molecular weight is 450 g/mol. The van der Waals surface area contributed by atoms with Crippen molar-refractivity contribution in [3.63, 3.8) is 0 Å². The number of likely N-dealkylation sites (tertiary alicyclic amines) is 1. The molecule has 1 aliphatic rings.